The molecule has 1 heterocycles. The molecule has 0 aliphatic rings. The second kappa shape index (κ2) is 4.32. The molecule has 1 aromatic heterocycles. The Hall–Kier alpha value is -1.24. The number of rotatable bonds is 2. The Morgan fingerprint density at radius 2 is 1.94 bits per heavy atom. The first-order chi connectivity index (χ1) is 7.29. The molecule has 0 amide bonds. The molecule has 0 spiro atoms. The minimum atomic E-state index is -4.85. The van der Waals surface area contributed by atoms with Gasteiger partial charge in [-0.3, -0.25) is 4.98 Å². The molecule has 0 fully saturated rings. The lowest BCUT2D eigenvalue weighted by Crippen LogP contribution is -2.17. The molecule has 0 saturated carbocycles. The number of nitrogens with zero attached hydrogens (tertiary/aromatic N) is 1. The van der Waals surface area contributed by atoms with Gasteiger partial charge in [0.1, 0.15) is 0 Å². The van der Waals surface area contributed by atoms with Gasteiger partial charge >= 0.3 is 6.18 Å². The second-order valence-corrected chi connectivity index (χ2v) is 3.16. The van der Waals surface area contributed by atoms with Gasteiger partial charge in [-0.05, 0) is 12.5 Å². The molecule has 0 atom stereocenters. The average Bonchev–Trinajstić information content (AvgIpc) is 2.15. The first-order valence-electron chi connectivity index (χ1n) is 4.32. The van der Waals surface area contributed by atoms with E-state index < -0.39 is 30.3 Å². The van der Waals surface area contributed by atoms with Gasteiger partial charge in [-0.25, -0.2) is 8.78 Å². The number of hydrogen-bond acceptors (Lipinski definition) is 2. The van der Waals surface area contributed by atoms with E-state index in [1.54, 1.807) is 0 Å². The first kappa shape index (κ1) is 12.8. The molecule has 1 aromatic rings. The van der Waals surface area contributed by atoms with E-state index in [1.807, 2.05) is 0 Å². The number of alkyl halides is 5. The molecule has 0 aliphatic carbocycles. The number of aromatic nitrogens is 1. The third-order valence-electron chi connectivity index (χ3n) is 2.15. The molecule has 1 rings (SSSR count). The molecule has 2 N–H and O–H groups in total. The van der Waals surface area contributed by atoms with Crippen LogP contribution in [0.25, 0.3) is 0 Å². The maximum atomic E-state index is 12.6. The van der Waals surface area contributed by atoms with E-state index in [0.29, 0.717) is 6.20 Å². The summed E-state index contributed by atoms with van der Waals surface area (Å²) in [7, 11) is 0. The zero-order valence-corrected chi connectivity index (χ0v) is 8.28. The molecule has 0 aromatic carbocycles. The highest BCUT2D eigenvalue weighted by atomic mass is 19.4. The number of nitrogens with two attached hydrogens (primary N) is 1. The summed E-state index contributed by atoms with van der Waals surface area (Å²) in [4.78, 5) is 3.49. The topological polar surface area (TPSA) is 38.9 Å². The number of hydrogen-bond donors (Lipinski definition) is 1. The fraction of sp³-hybridized carbons (Fsp3) is 0.444. The van der Waals surface area contributed by atoms with Gasteiger partial charge in [-0.1, -0.05) is 0 Å². The summed E-state index contributed by atoms with van der Waals surface area (Å²) < 4.78 is 62.7. The number of aryl methyl sites for hydroxylation is 1. The molecule has 90 valence electrons. The zero-order valence-electron chi connectivity index (χ0n) is 8.28. The Bertz CT molecular complexity index is 386. The SMILES string of the molecule is Cc1ncc(C(F)F)c(C(F)(F)F)c1CN. The van der Waals surface area contributed by atoms with E-state index >= 15 is 0 Å². The van der Waals surface area contributed by atoms with E-state index in [2.05, 4.69) is 4.98 Å². The molecule has 0 radical (unpaired) electrons. The largest absolute Gasteiger partial charge is 0.417 e. The Kier molecular flexibility index (Phi) is 3.47. The van der Waals surface area contributed by atoms with Gasteiger partial charge in [0.15, 0.2) is 0 Å². The fourth-order valence-electron chi connectivity index (χ4n) is 1.41. The van der Waals surface area contributed by atoms with Gasteiger partial charge in [0, 0.05) is 24.0 Å². The van der Waals surface area contributed by atoms with Crippen molar-refractivity contribution < 1.29 is 22.0 Å². The minimum Gasteiger partial charge on any atom is -0.326 e. The third-order valence-corrected chi connectivity index (χ3v) is 2.15. The van der Waals surface area contributed by atoms with E-state index in [4.69, 9.17) is 5.73 Å². The molecule has 0 bridgehead atoms. The van der Waals surface area contributed by atoms with Crippen molar-refractivity contribution in [2.24, 2.45) is 5.73 Å². The quantitative estimate of drug-likeness (QED) is 0.807. The highest BCUT2D eigenvalue weighted by Gasteiger charge is 2.38. The van der Waals surface area contributed by atoms with E-state index in [1.165, 1.54) is 6.92 Å². The van der Waals surface area contributed by atoms with Gasteiger partial charge in [0.2, 0.25) is 0 Å². The van der Waals surface area contributed by atoms with Gasteiger partial charge < -0.3 is 5.73 Å². The summed E-state index contributed by atoms with van der Waals surface area (Å²) in [5, 5.41) is 0. The van der Waals surface area contributed by atoms with E-state index in [-0.39, 0.29) is 11.3 Å². The molecule has 7 heteroatoms. The van der Waals surface area contributed by atoms with Crippen molar-refractivity contribution in [3.63, 3.8) is 0 Å². The van der Waals surface area contributed by atoms with Crippen molar-refractivity contribution in [2.75, 3.05) is 0 Å². The molecule has 0 saturated heterocycles. The molecule has 16 heavy (non-hydrogen) atoms. The summed E-state index contributed by atoms with van der Waals surface area (Å²) in [5.74, 6) is 0. The Labute approximate surface area is 88.3 Å². The first-order valence-corrected chi connectivity index (χ1v) is 4.32. The van der Waals surface area contributed by atoms with Crippen LogP contribution in [0.2, 0.25) is 0 Å². The van der Waals surface area contributed by atoms with Crippen LogP contribution in [0.4, 0.5) is 22.0 Å². The zero-order chi connectivity index (χ0) is 12.5. The summed E-state index contributed by atoms with van der Waals surface area (Å²) in [5.41, 5.74) is 2.27. The summed E-state index contributed by atoms with van der Waals surface area (Å²) >= 11 is 0. The smallest absolute Gasteiger partial charge is 0.326 e. The average molecular weight is 240 g/mol. The van der Waals surface area contributed by atoms with Crippen LogP contribution in [0.3, 0.4) is 0 Å². The molecular formula is C9H9F5N2. The Morgan fingerprint density at radius 3 is 2.31 bits per heavy atom. The lowest BCUT2D eigenvalue weighted by atomic mass is 10.0. The van der Waals surface area contributed by atoms with E-state index in [0.717, 1.165) is 0 Å². The lowest BCUT2D eigenvalue weighted by Gasteiger charge is -2.17. The van der Waals surface area contributed by atoms with Crippen LogP contribution in [0.15, 0.2) is 6.20 Å². The standard InChI is InChI=1S/C9H9F5N2/c1-4-5(2-15)7(9(12,13)14)6(3-16-4)8(10)11/h3,8H,2,15H2,1H3. The maximum absolute atomic E-state index is 12.6. The molecule has 2 nitrogen and oxygen atoms in total. The molecule has 0 unspecified atom stereocenters. The van der Waals surface area contributed by atoms with E-state index in [9.17, 15) is 22.0 Å². The summed E-state index contributed by atoms with van der Waals surface area (Å²) in [6.45, 7) is 0.820. The van der Waals surface area contributed by atoms with Crippen LogP contribution < -0.4 is 5.73 Å². The predicted octanol–water partition coefficient (Wildman–Crippen LogP) is 2.81. The van der Waals surface area contributed by atoms with Crippen LogP contribution >= 0.6 is 0 Å². The Morgan fingerprint density at radius 1 is 1.38 bits per heavy atom. The minimum absolute atomic E-state index is 0.0132. The highest BCUT2D eigenvalue weighted by molar-refractivity contribution is 5.39. The van der Waals surface area contributed by atoms with Crippen molar-refractivity contribution >= 4 is 0 Å². The monoisotopic (exact) mass is 240 g/mol. The predicted molar refractivity (Wildman–Crippen MR) is 46.8 cm³/mol. The fourth-order valence-corrected chi connectivity index (χ4v) is 1.41. The number of pyridine rings is 1. The lowest BCUT2D eigenvalue weighted by molar-refractivity contribution is -0.140. The van der Waals surface area contributed by atoms with Crippen molar-refractivity contribution in [1.29, 1.82) is 0 Å². The van der Waals surface area contributed by atoms with Gasteiger partial charge in [-0.2, -0.15) is 13.2 Å². The van der Waals surface area contributed by atoms with Crippen molar-refractivity contribution in [3.05, 3.63) is 28.6 Å². The van der Waals surface area contributed by atoms with Crippen molar-refractivity contribution in [3.8, 4) is 0 Å². The van der Waals surface area contributed by atoms with Crippen LogP contribution in [-0.4, -0.2) is 4.98 Å². The highest BCUT2D eigenvalue weighted by Crippen LogP contribution is 2.38. The van der Waals surface area contributed by atoms with Crippen LogP contribution in [-0.2, 0) is 12.7 Å². The molecule has 0 aliphatic heterocycles. The third kappa shape index (κ3) is 2.29. The summed E-state index contributed by atoms with van der Waals surface area (Å²) in [6, 6.07) is 0. The van der Waals surface area contributed by atoms with Crippen LogP contribution in [0.1, 0.15) is 28.8 Å². The van der Waals surface area contributed by atoms with Crippen molar-refractivity contribution in [1.82, 2.24) is 4.98 Å². The van der Waals surface area contributed by atoms with Gasteiger partial charge in [0.05, 0.1) is 5.56 Å². The van der Waals surface area contributed by atoms with Crippen LogP contribution in [0, 0.1) is 6.92 Å². The normalized spacial score (nSPS) is 12.2. The van der Waals surface area contributed by atoms with Crippen molar-refractivity contribution in [2.45, 2.75) is 26.1 Å². The Balaban J connectivity index is 3.54. The second-order valence-electron chi connectivity index (χ2n) is 3.16. The molecular weight excluding hydrogens is 231 g/mol. The maximum Gasteiger partial charge on any atom is 0.417 e. The number of halogens is 5. The summed E-state index contributed by atoms with van der Waals surface area (Å²) in [6.07, 6.45) is -7.54. The van der Waals surface area contributed by atoms with Gasteiger partial charge in [-0.15, -0.1) is 0 Å². The van der Waals surface area contributed by atoms with Gasteiger partial charge in [0.25, 0.3) is 6.43 Å². The van der Waals surface area contributed by atoms with Crippen LogP contribution in [0.5, 0.6) is 0 Å².